The second-order valence-corrected chi connectivity index (χ2v) is 4.61. The van der Waals surface area contributed by atoms with Crippen molar-refractivity contribution in [2.45, 2.75) is 39.5 Å². The van der Waals surface area contributed by atoms with Gasteiger partial charge in [0.25, 0.3) is 5.69 Å². The lowest BCUT2D eigenvalue weighted by atomic mass is 9.93. The standard InChI is InChI=1S/C12H18N2O2/c1-7(2)9-5-10(8(3)4)12(14(15)16)6-11(9)13/h5-8H,13H2,1-4H3. The summed E-state index contributed by atoms with van der Waals surface area (Å²) in [6.07, 6.45) is 0. The maximum absolute atomic E-state index is 10.9. The van der Waals surface area contributed by atoms with Crippen molar-refractivity contribution >= 4 is 11.4 Å². The molecule has 0 aliphatic heterocycles. The van der Waals surface area contributed by atoms with Crippen molar-refractivity contribution in [3.63, 3.8) is 0 Å². The molecule has 4 heteroatoms. The summed E-state index contributed by atoms with van der Waals surface area (Å²) in [5, 5.41) is 10.9. The van der Waals surface area contributed by atoms with Crippen LogP contribution in [0.5, 0.6) is 0 Å². The van der Waals surface area contributed by atoms with Crippen molar-refractivity contribution in [1.82, 2.24) is 0 Å². The molecule has 88 valence electrons. The number of nitro groups is 1. The van der Waals surface area contributed by atoms with E-state index in [2.05, 4.69) is 0 Å². The van der Waals surface area contributed by atoms with Crippen LogP contribution in [0.15, 0.2) is 12.1 Å². The number of nitrogens with zero attached hydrogens (tertiary/aromatic N) is 1. The molecule has 0 aromatic heterocycles. The predicted molar refractivity (Wildman–Crippen MR) is 65.7 cm³/mol. The van der Waals surface area contributed by atoms with E-state index >= 15 is 0 Å². The Hall–Kier alpha value is -1.58. The molecule has 0 fully saturated rings. The Labute approximate surface area is 95.6 Å². The van der Waals surface area contributed by atoms with Crippen LogP contribution in [-0.4, -0.2) is 4.92 Å². The van der Waals surface area contributed by atoms with Gasteiger partial charge in [0.05, 0.1) is 4.92 Å². The summed E-state index contributed by atoms with van der Waals surface area (Å²) in [4.78, 5) is 10.5. The van der Waals surface area contributed by atoms with E-state index in [1.807, 2.05) is 33.8 Å². The normalized spacial score (nSPS) is 11.1. The second-order valence-electron chi connectivity index (χ2n) is 4.61. The predicted octanol–water partition coefficient (Wildman–Crippen LogP) is 3.42. The van der Waals surface area contributed by atoms with E-state index in [-0.39, 0.29) is 22.4 Å². The van der Waals surface area contributed by atoms with E-state index in [4.69, 9.17) is 5.73 Å². The highest BCUT2D eigenvalue weighted by Gasteiger charge is 2.20. The van der Waals surface area contributed by atoms with Gasteiger partial charge in [-0.25, -0.2) is 0 Å². The van der Waals surface area contributed by atoms with Crippen molar-refractivity contribution in [1.29, 1.82) is 0 Å². The number of benzene rings is 1. The molecule has 0 bridgehead atoms. The molecule has 0 saturated heterocycles. The highest BCUT2D eigenvalue weighted by Crippen LogP contribution is 2.33. The molecule has 4 nitrogen and oxygen atoms in total. The molecular formula is C12H18N2O2. The van der Waals surface area contributed by atoms with Crippen LogP contribution in [-0.2, 0) is 0 Å². The van der Waals surface area contributed by atoms with Gasteiger partial charge in [-0.3, -0.25) is 10.1 Å². The molecule has 0 radical (unpaired) electrons. The quantitative estimate of drug-likeness (QED) is 0.484. The number of nitrogen functional groups attached to an aromatic ring is 1. The van der Waals surface area contributed by atoms with Gasteiger partial charge >= 0.3 is 0 Å². The number of hydrogen-bond acceptors (Lipinski definition) is 3. The largest absolute Gasteiger partial charge is 0.398 e. The highest BCUT2D eigenvalue weighted by molar-refractivity contribution is 5.59. The SMILES string of the molecule is CC(C)c1cc(C(C)C)c([N+](=O)[O-])cc1N. The van der Waals surface area contributed by atoms with Crippen LogP contribution in [0.2, 0.25) is 0 Å². The van der Waals surface area contributed by atoms with Gasteiger partial charge < -0.3 is 5.73 Å². The summed E-state index contributed by atoms with van der Waals surface area (Å²) in [6, 6.07) is 3.34. The van der Waals surface area contributed by atoms with Crippen molar-refractivity contribution in [3.8, 4) is 0 Å². The zero-order valence-corrected chi connectivity index (χ0v) is 10.2. The van der Waals surface area contributed by atoms with Crippen molar-refractivity contribution in [3.05, 3.63) is 33.4 Å². The van der Waals surface area contributed by atoms with Crippen LogP contribution in [0.1, 0.15) is 50.7 Å². The van der Waals surface area contributed by atoms with Gasteiger partial charge in [0.1, 0.15) is 0 Å². The fourth-order valence-electron chi connectivity index (χ4n) is 1.76. The highest BCUT2D eigenvalue weighted by atomic mass is 16.6. The minimum absolute atomic E-state index is 0.122. The third-order valence-electron chi connectivity index (χ3n) is 2.67. The first-order chi connectivity index (χ1) is 7.34. The topological polar surface area (TPSA) is 69.2 Å². The zero-order valence-electron chi connectivity index (χ0n) is 10.2. The van der Waals surface area contributed by atoms with Crippen molar-refractivity contribution in [2.75, 3.05) is 5.73 Å². The van der Waals surface area contributed by atoms with E-state index in [1.54, 1.807) is 0 Å². The molecule has 0 heterocycles. The van der Waals surface area contributed by atoms with Crippen LogP contribution in [0.3, 0.4) is 0 Å². The molecule has 0 aliphatic carbocycles. The lowest BCUT2D eigenvalue weighted by molar-refractivity contribution is -0.385. The fraction of sp³-hybridized carbons (Fsp3) is 0.500. The molecule has 0 atom stereocenters. The average molecular weight is 222 g/mol. The molecule has 2 N–H and O–H groups in total. The van der Waals surface area contributed by atoms with Crippen LogP contribution in [0.25, 0.3) is 0 Å². The van der Waals surface area contributed by atoms with Crippen LogP contribution in [0.4, 0.5) is 11.4 Å². The Kier molecular flexibility index (Phi) is 3.52. The number of anilines is 1. The van der Waals surface area contributed by atoms with Gasteiger partial charge in [0, 0.05) is 17.3 Å². The van der Waals surface area contributed by atoms with Gasteiger partial charge in [-0.15, -0.1) is 0 Å². The minimum Gasteiger partial charge on any atom is -0.398 e. The Morgan fingerprint density at radius 2 is 1.62 bits per heavy atom. The molecule has 16 heavy (non-hydrogen) atoms. The van der Waals surface area contributed by atoms with Crippen molar-refractivity contribution < 1.29 is 4.92 Å². The van der Waals surface area contributed by atoms with Crippen molar-refractivity contribution in [2.24, 2.45) is 0 Å². The van der Waals surface area contributed by atoms with E-state index in [0.717, 1.165) is 11.1 Å². The Balaban J connectivity index is 3.43. The molecule has 0 saturated carbocycles. The Morgan fingerprint density at radius 1 is 1.12 bits per heavy atom. The molecular weight excluding hydrogens is 204 g/mol. The first-order valence-corrected chi connectivity index (χ1v) is 5.42. The summed E-state index contributed by atoms with van der Waals surface area (Å²) in [5.41, 5.74) is 8.19. The molecule has 0 unspecified atom stereocenters. The fourth-order valence-corrected chi connectivity index (χ4v) is 1.76. The molecule has 1 aromatic carbocycles. The minimum atomic E-state index is -0.365. The second kappa shape index (κ2) is 4.51. The molecule has 0 spiro atoms. The summed E-state index contributed by atoms with van der Waals surface area (Å²) in [5.74, 6) is 0.400. The third-order valence-corrected chi connectivity index (χ3v) is 2.67. The van der Waals surface area contributed by atoms with Crippen LogP contribution >= 0.6 is 0 Å². The van der Waals surface area contributed by atoms with E-state index in [9.17, 15) is 10.1 Å². The maximum Gasteiger partial charge on any atom is 0.274 e. The van der Waals surface area contributed by atoms with Gasteiger partial charge in [0.15, 0.2) is 0 Å². The first-order valence-electron chi connectivity index (χ1n) is 5.42. The lowest BCUT2D eigenvalue weighted by Gasteiger charge is -2.14. The molecule has 0 amide bonds. The summed E-state index contributed by atoms with van der Waals surface area (Å²) in [7, 11) is 0. The van der Waals surface area contributed by atoms with Gasteiger partial charge in [-0.2, -0.15) is 0 Å². The summed E-state index contributed by atoms with van der Waals surface area (Å²) >= 11 is 0. The molecule has 0 aliphatic rings. The third kappa shape index (κ3) is 2.32. The average Bonchev–Trinajstić information content (AvgIpc) is 2.15. The first kappa shape index (κ1) is 12.5. The maximum atomic E-state index is 10.9. The zero-order chi connectivity index (χ0) is 12.5. The lowest BCUT2D eigenvalue weighted by Crippen LogP contribution is -2.03. The smallest absolute Gasteiger partial charge is 0.274 e. The van der Waals surface area contributed by atoms with Crippen LogP contribution in [0, 0.1) is 10.1 Å². The summed E-state index contributed by atoms with van der Waals surface area (Å²) in [6.45, 7) is 7.95. The van der Waals surface area contributed by atoms with Gasteiger partial charge in [-0.1, -0.05) is 27.7 Å². The Morgan fingerprint density at radius 3 is 2.00 bits per heavy atom. The van der Waals surface area contributed by atoms with Gasteiger partial charge in [-0.05, 0) is 23.5 Å². The number of nitro benzene ring substituents is 1. The molecule has 1 rings (SSSR count). The summed E-state index contributed by atoms with van der Waals surface area (Å²) < 4.78 is 0. The number of nitrogens with two attached hydrogens (primary N) is 1. The van der Waals surface area contributed by atoms with E-state index in [0.29, 0.717) is 5.69 Å². The van der Waals surface area contributed by atoms with E-state index in [1.165, 1.54) is 6.07 Å². The number of rotatable bonds is 3. The van der Waals surface area contributed by atoms with E-state index < -0.39 is 0 Å². The number of hydrogen-bond donors (Lipinski definition) is 1. The Bertz CT molecular complexity index is 412. The van der Waals surface area contributed by atoms with Crippen LogP contribution < -0.4 is 5.73 Å². The monoisotopic (exact) mass is 222 g/mol. The molecule has 1 aromatic rings. The van der Waals surface area contributed by atoms with Gasteiger partial charge in [0.2, 0.25) is 0 Å².